The van der Waals surface area contributed by atoms with Crippen molar-refractivity contribution in [1.29, 1.82) is 0 Å². The van der Waals surface area contributed by atoms with Crippen molar-refractivity contribution in [3.63, 3.8) is 0 Å². The molecule has 4 nitrogen and oxygen atoms in total. The number of nitrogens with two attached hydrogens (primary N) is 1. The molecule has 0 aliphatic heterocycles. The number of ether oxygens (including phenoxy) is 1. The number of hydrogen-bond acceptors (Lipinski definition) is 3. The molecule has 1 aliphatic carbocycles. The first-order valence-electron chi connectivity index (χ1n) is 7.98. The minimum Gasteiger partial charge on any atom is -0.493 e. The van der Waals surface area contributed by atoms with Gasteiger partial charge >= 0.3 is 0 Å². The van der Waals surface area contributed by atoms with Crippen LogP contribution in [0.25, 0.3) is 0 Å². The van der Waals surface area contributed by atoms with E-state index in [1.54, 1.807) is 6.07 Å². The number of nitrogen functional groups attached to an aromatic ring is 1. The van der Waals surface area contributed by atoms with Crippen LogP contribution in [-0.2, 0) is 4.79 Å². The van der Waals surface area contributed by atoms with E-state index in [2.05, 4.69) is 6.92 Å². The number of hydrogen-bond donors (Lipinski definition) is 1. The van der Waals surface area contributed by atoms with Gasteiger partial charge in [0.2, 0.25) is 5.91 Å². The van der Waals surface area contributed by atoms with Crippen LogP contribution in [0.4, 0.5) is 5.69 Å². The second-order valence-electron chi connectivity index (χ2n) is 5.64. The molecular weight excluding hydrogens is 264 g/mol. The Morgan fingerprint density at radius 2 is 2.10 bits per heavy atom. The summed E-state index contributed by atoms with van der Waals surface area (Å²) < 4.78 is 5.61. The van der Waals surface area contributed by atoms with E-state index in [0.29, 0.717) is 24.8 Å². The number of rotatable bonds is 6. The van der Waals surface area contributed by atoms with E-state index in [0.717, 1.165) is 25.1 Å². The molecule has 0 radical (unpaired) electrons. The normalized spacial score (nSPS) is 15.7. The third-order valence-electron chi connectivity index (χ3n) is 4.12. The number of carbonyl (C=O) groups excluding carboxylic acids is 1. The van der Waals surface area contributed by atoms with Gasteiger partial charge in [-0.05, 0) is 31.9 Å². The molecule has 4 heteroatoms. The van der Waals surface area contributed by atoms with Gasteiger partial charge in [0.1, 0.15) is 5.75 Å². The van der Waals surface area contributed by atoms with E-state index < -0.39 is 0 Å². The predicted octanol–water partition coefficient (Wildman–Crippen LogP) is 3.22. The Morgan fingerprint density at radius 1 is 1.33 bits per heavy atom. The van der Waals surface area contributed by atoms with Crippen molar-refractivity contribution < 1.29 is 9.53 Å². The Bertz CT molecular complexity index is 456. The summed E-state index contributed by atoms with van der Waals surface area (Å²) in [6, 6.07) is 7.75. The van der Waals surface area contributed by atoms with Crippen molar-refractivity contribution >= 4 is 11.6 Å². The monoisotopic (exact) mass is 290 g/mol. The molecule has 0 spiro atoms. The Morgan fingerprint density at radius 3 is 2.76 bits per heavy atom. The maximum absolute atomic E-state index is 12.4. The van der Waals surface area contributed by atoms with Gasteiger partial charge < -0.3 is 15.4 Å². The summed E-state index contributed by atoms with van der Waals surface area (Å²) in [5, 5.41) is 0. The lowest BCUT2D eigenvalue weighted by Gasteiger charge is -2.33. The molecular formula is C17H26N2O2. The molecule has 1 aromatic rings. The summed E-state index contributed by atoms with van der Waals surface area (Å²) in [7, 11) is 0. The zero-order chi connectivity index (χ0) is 15.1. The number of carbonyl (C=O) groups is 1. The first-order valence-corrected chi connectivity index (χ1v) is 7.98. The summed E-state index contributed by atoms with van der Waals surface area (Å²) in [5.74, 6) is 0.928. The van der Waals surface area contributed by atoms with Gasteiger partial charge in [0.15, 0.2) is 0 Å². The molecule has 2 N–H and O–H groups in total. The highest BCUT2D eigenvalue weighted by molar-refractivity contribution is 5.76. The maximum atomic E-state index is 12.4. The second-order valence-corrected chi connectivity index (χ2v) is 5.64. The van der Waals surface area contributed by atoms with E-state index in [9.17, 15) is 4.79 Å². The molecule has 1 fully saturated rings. The summed E-state index contributed by atoms with van der Waals surface area (Å²) in [6.07, 6.45) is 6.52. The topological polar surface area (TPSA) is 55.6 Å². The molecule has 1 aliphatic rings. The van der Waals surface area contributed by atoms with Gasteiger partial charge in [-0.25, -0.2) is 0 Å². The molecule has 1 saturated carbocycles. The lowest BCUT2D eigenvalue weighted by Crippen LogP contribution is -2.41. The third kappa shape index (κ3) is 4.66. The largest absolute Gasteiger partial charge is 0.493 e. The van der Waals surface area contributed by atoms with Crippen molar-refractivity contribution in [1.82, 2.24) is 4.90 Å². The van der Waals surface area contributed by atoms with Crippen molar-refractivity contribution in [3.05, 3.63) is 24.3 Å². The average molecular weight is 290 g/mol. The van der Waals surface area contributed by atoms with E-state index in [1.807, 2.05) is 23.1 Å². The summed E-state index contributed by atoms with van der Waals surface area (Å²) in [5.41, 5.74) is 6.38. The zero-order valence-corrected chi connectivity index (χ0v) is 12.9. The van der Waals surface area contributed by atoms with Crippen molar-refractivity contribution in [2.45, 2.75) is 51.5 Å². The Kier molecular flexibility index (Phi) is 5.90. The van der Waals surface area contributed by atoms with Gasteiger partial charge in [0.25, 0.3) is 0 Å². The molecule has 0 atom stereocenters. The first-order chi connectivity index (χ1) is 10.2. The van der Waals surface area contributed by atoms with E-state index in [1.165, 1.54) is 19.3 Å². The zero-order valence-electron chi connectivity index (χ0n) is 12.9. The van der Waals surface area contributed by atoms with Gasteiger partial charge in [-0.1, -0.05) is 25.3 Å². The van der Waals surface area contributed by atoms with Crippen molar-refractivity contribution in [3.8, 4) is 5.75 Å². The minimum atomic E-state index is 0.202. The number of nitrogens with zero attached hydrogens (tertiary/aromatic N) is 1. The fourth-order valence-corrected chi connectivity index (χ4v) is 3.04. The Labute approximate surface area is 127 Å². The number of anilines is 1. The van der Waals surface area contributed by atoms with Crippen LogP contribution in [0.3, 0.4) is 0 Å². The molecule has 21 heavy (non-hydrogen) atoms. The quantitative estimate of drug-likeness (QED) is 0.818. The van der Waals surface area contributed by atoms with Gasteiger partial charge in [0, 0.05) is 24.3 Å². The highest BCUT2D eigenvalue weighted by Crippen LogP contribution is 2.23. The van der Waals surface area contributed by atoms with Crippen LogP contribution in [0, 0.1) is 0 Å². The lowest BCUT2D eigenvalue weighted by atomic mass is 9.94. The van der Waals surface area contributed by atoms with Gasteiger partial charge in [-0.3, -0.25) is 4.79 Å². The van der Waals surface area contributed by atoms with Crippen LogP contribution >= 0.6 is 0 Å². The standard InChI is InChI=1S/C17H26N2O2/c1-2-19(15-8-4-3-5-9-15)17(20)11-12-21-16-10-6-7-14(18)13-16/h6-7,10,13,15H,2-5,8-9,11-12,18H2,1H3. The maximum Gasteiger partial charge on any atom is 0.226 e. The molecule has 1 aromatic carbocycles. The molecule has 0 bridgehead atoms. The summed E-state index contributed by atoms with van der Waals surface area (Å²) in [6.45, 7) is 3.26. The van der Waals surface area contributed by atoms with Crippen molar-refractivity contribution in [2.24, 2.45) is 0 Å². The lowest BCUT2D eigenvalue weighted by molar-refractivity contribution is -0.134. The van der Waals surface area contributed by atoms with Crippen LogP contribution in [0.2, 0.25) is 0 Å². The third-order valence-corrected chi connectivity index (χ3v) is 4.12. The van der Waals surface area contributed by atoms with Crippen molar-refractivity contribution in [2.75, 3.05) is 18.9 Å². The number of benzene rings is 1. The van der Waals surface area contributed by atoms with Crippen LogP contribution < -0.4 is 10.5 Å². The molecule has 0 unspecified atom stereocenters. The highest BCUT2D eigenvalue weighted by atomic mass is 16.5. The summed E-state index contributed by atoms with van der Waals surface area (Å²) >= 11 is 0. The average Bonchev–Trinajstić information content (AvgIpc) is 2.49. The SMILES string of the molecule is CCN(C(=O)CCOc1cccc(N)c1)C1CCCCC1. The Hall–Kier alpha value is -1.71. The molecule has 0 heterocycles. The van der Waals surface area contributed by atoms with E-state index in [-0.39, 0.29) is 5.91 Å². The molecule has 2 rings (SSSR count). The fraction of sp³-hybridized carbons (Fsp3) is 0.588. The van der Waals surface area contributed by atoms with Crippen LogP contribution in [0.1, 0.15) is 45.4 Å². The van der Waals surface area contributed by atoms with E-state index >= 15 is 0 Å². The predicted molar refractivity (Wildman–Crippen MR) is 85.2 cm³/mol. The van der Waals surface area contributed by atoms with Crippen LogP contribution in [0.5, 0.6) is 5.75 Å². The summed E-state index contributed by atoms with van der Waals surface area (Å²) in [4.78, 5) is 14.4. The molecule has 1 amide bonds. The molecule has 0 saturated heterocycles. The van der Waals surface area contributed by atoms with Gasteiger partial charge in [-0.2, -0.15) is 0 Å². The minimum absolute atomic E-state index is 0.202. The Balaban J connectivity index is 1.79. The smallest absolute Gasteiger partial charge is 0.226 e. The molecule has 0 aromatic heterocycles. The van der Waals surface area contributed by atoms with Crippen LogP contribution in [0.15, 0.2) is 24.3 Å². The van der Waals surface area contributed by atoms with Gasteiger partial charge in [0.05, 0.1) is 13.0 Å². The second kappa shape index (κ2) is 7.91. The molecule has 116 valence electrons. The first kappa shape index (κ1) is 15.7. The highest BCUT2D eigenvalue weighted by Gasteiger charge is 2.23. The number of amides is 1. The fourth-order valence-electron chi connectivity index (χ4n) is 3.04. The van der Waals surface area contributed by atoms with Gasteiger partial charge in [-0.15, -0.1) is 0 Å². The van der Waals surface area contributed by atoms with Crippen LogP contribution in [-0.4, -0.2) is 30.0 Å². The van der Waals surface area contributed by atoms with E-state index in [4.69, 9.17) is 10.5 Å².